The van der Waals surface area contributed by atoms with Gasteiger partial charge in [0.1, 0.15) is 5.82 Å². The van der Waals surface area contributed by atoms with Crippen LogP contribution in [0.15, 0.2) is 47.4 Å². The van der Waals surface area contributed by atoms with E-state index in [4.69, 9.17) is 11.6 Å². The first-order valence-electron chi connectivity index (χ1n) is 8.16. The zero-order valence-corrected chi connectivity index (χ0v) is 16.6. The van der Waals surface area contributed by atoms with Gasteiger partial charge in [-0.15, -0.1) is 0 Å². The molecule has 0 saturated heterocycles. The van der Waals surface area contributed by atoms with E-state index in [1.54, 1.807) is 31.2 Å². The zero-order chi connectivity index (χ0) is 20.5. The standard InChI is InChI=1S/C19H16ClFN2O4S/c1-11-9-14(5-8-16(11)21)17-18(22-23-19(17)20)13-3-6-15(7-4-13)28(25,26)10-27-12(2)24/h3-9H,10H2,1-2H3,(H,22,23). The van der Waals surface area contributed by atoms with Crippen molar-refractivity contribution in [3.05, 3.63) is 59.0 Å². The average molecular weight is 423 g/mol. The topological polar surface area (TPSA) is 89.1 Å². The molecule has 0 atom stereocenters. The van der Waals surface area contributed by atoms with Gasteiger partial charge in [0.2, 0.25) is 9.84 Å². The van der Waals surface area contributed by atoms with Gasteiger partial charge in [-0.1, -0.05) is 29.8 Å². The number of aromatic amines is 1. The summed E-state index contributed by atoms with van der Waals surface area (Å²) in [7, 11) is -3.76. The Kier molecular flexibility index (Phi) is 5.53. The van der Waals surface area contributed by atoms with Crippen molar-refractivity contribution < 1.29 is 22.3 Å². The van der Waals surface area contributed by atoms with Gasteiger partial charge in [0.05, 0.1) is 10.6 Å². The number of H-pyrrole nitrogens is 1. The molecule has 0 aliphatic rings. The summed E-state index contributed by atoms with van der Waals surface area (Å²) in [5.74, 6) is -1.73. The highest BCUT2D eigenvalue weighted by Crippen LogP contribution is 2.36. The Morgan fingerprint density at radius 2 is 1.82 bits per heavy atom. The van der Waals surface area contributed by atoms with Crippen molar-refractivity contribution in [3.63, 3.8) is 0 Å². The Balaban J connectivity index is 1.97. The lowest BCUT2D eigenvalue weighted by Crippen LogP contribution is -2.12. The van der Waals surface area contributed by atoms with E-state index in [1.165, 1.54) is 18.2 Å². The number of nitrogens with zero attached hydrogens (tertiary/aromatic N) is 1. The largest absolute Gasteiger partial charge is 0.449 e. The van der Waals surface area contributed by atoms with Gasteiger partial charge in [-0.05, 0) is 42.3 Å². The highest BCUT2D eigenvalue weighted by atomic mass is 35.5. The third kappa shape index (κ3) is 4.07. The van der Waals surface area contributed by atoms with Gasteiger partial charge in [-0.2, -0.15) is 5.10 Å². The molecule has 0 bridgehead atoms. The van der Waals surface area contributed by atoms with Crippen LogP contribution < -0.4 is 0 Å². The van der Waals surface area contributed by atoms with Crippen molar-refractivity contribution in [1.82, 2.24) is 10.2 Å². The number of hydrogen-bond acceptors (Lipinski definition) is 5. The zero-order valence-electron chi connectivity index (χ0n) is 15.0. The van der Waals surface area contributed by atoms with Crippen LogP contribution in [0.25, 0.3) is 22.4 Å². The lowest BCUT2D eigenvalue weighted by molar-refractivity contribution is -0.138. The molecule has 0 radical (unpaired) electrons. The van der Waals surface area contributed by atoms with Crippen molar-refractivity contribution in [2.75, 3.05) is 5.94 Å². The predicted molar refractivity (Wildman–Crippen MR) is 103 cm³/mol. The second kappa shape index (κ2) is 7.73. The number of hydrogen-bond donors (Lipinski definition) is 1. The number of rotatable bonds is 5. The van der Waals surface area contributed by atoms with Gasteiger partial charge in [0.15, 0.2) is 11.1 Å². The maximum Gasteiger partial charge on any atom is 0.303 e. The van der Waals surface area contributed by atoms with E-state index in [1.807, 2.05) is 0 Å². The van der Waals surface area contributed by atoms with E-state index in [9.17, 15) is 17.6 Å². The molecule has 2 aromatic carbocycles. The molecule has 0 unspecified atom stereocenters. The molecule has 0 spiro atoms. The highest BCUT2D eigenvalue weighted by Gasteiger charge is 2.19. The van der Waals surface area contributed by atoms with Gasteiger partial charge in [-0.3, -0.25) is 9.89 Å². The predicted octanol–water partition coefficient (Wildman–Crippen LogP) is 4.14. The summed E-state index contributed by atoms with van der Waals surface area (Å²) >= 11 is 6.22. The maximum absolute atomic E-state index is 13.6. The van der Waals surface area contributed by atoms with E-state index >= 15 is 0 Å². The van der Waals surface area contributed by atoms with Crippen LogP contribution in [0.3, 0.4) is 0 Å². The van der Waals surface area contributed by atoms with E-state index in [2.05, 4.69) is 14.9 Å². The summed E-state index contributed by atoms with van der Waals surface area (Å²) in [5.41, 5.74) is 2.94. The normalized spacial score (nSPS) is 11.4. The molecule has 1 heterocycles. The lowest BCUT2D eigenvalue weighted by atomic mass is 10.00. The van der Waals surface area contributed by atoms with Crippen molar-refractivity contribution in [2.45, 2.75) is 18.7 Å². The molecule has 9 heteroatoms. The number of aryl methyl sites for hydroxylation is 1. The Hall–Kier alpha value is -2.71. The molecule has 1 N–H and O–H groups in total. The van der Waals surface area contributed by atoms with Crippen LogP contribution in [-0.2, 0) is 19.4 Å². The summed E-state index contributed by atoms with van der Waals surface area (Å²) in [6, 6.07) is 10.6. The van der Waals surface area contributed by atoms with Gasteiger partial charge >= 0.3 is 5.97 Å². The Labute approximate surface area is 166 Å². The number of ether oxygens (including phenoxy) is 1. The van der Waals surface area contributed by atoms with E-state index < -0.39 is 21.7 Å². The van der Waals surface area contributed by atoms with Crippen molar-refractivity contribution in [1.29, 1.82) is 0 Å². The fourth-order valence-corrected chi connectivity index (χ4v) is 3.90. The summed E-state index contributed by atoms with van der Waals surface area (Å²) in [6.45, 7) is 2.79. The first-order valence-corrected chi connectivity index (χ1v) is 10.2. The fourth-order valence-electron chi connectivity index (χ4n) is 2.65. The molecule has 0 aliphatic heterocycles. The van der Waals surface area contributed by atoms with Crippen molar-refractivity contribution in [2.24, 2.45) is 0 Å². The van der Waals surface area contributed by atoms with Crippen LogP contribution in [0.4, 0.5) is 4.39 Å². The Morgan fingerprint density at radius 3 is 2.43 bits per heavy atom. The molecule has 146 valence electrons. The molecule has 0 saturated carbocycles. The van der Waals surface area contributed by atoms with Crippen molar-refractivity contribution in [3.8, 4) is 22.4 Å². The lowest BCUT2D eigenvalue weighted by Gasteiger charge is -2.08. The minimum atomic E-state index is -3.76. The number of benzene rings is 2. The molecule has 3 rings (SSSR count). The minimum absolute atomic E-state index is 0.0160. The van der Waals surface area contributed by atoms with E-state index in [0.717, 1.165) is 6.92 Å². The number of carbonyl (C=O) groups excluding carboxylic acids is 1. The van der Waals surface area contributed by atoms with Crippen LogP contribution in [-0.4, -0.2) is 30.5 Å². The second-order valence-electron chi connectivity index (χ2n) is 6.12. The SMILES string of the molecule is CC(=O)OCS(=O)(=O)c1ccc(-c2[nH]nc(Cl)c2-c2ccc(F)c(C)c2)cc1. The molecule has 0 amide bonds. The number of esters is 1. The molecule has 1 aromatic heterocycles. The molecular formula is C19H16ClFN2O4S. The van der Waals surface area contributed by atoms with Gasteiger partial charge in [0.25, 0.3) is 0 Å². The van der Waals surface area contributed by atoms with Crippen LogP contribution >= 0.6 is 11.6 Å². The van der Waals surface area contributed by atoms with Crippen molar-refractivity contribution >= 4 is 27.4 Å². The van der Waals surface area contributed by atoms with Crippen LogP contribution in [0, 0.1) is 12.7 Å². The summed E-state index contributed by atoms with van der Waals surface area (Å²) < 4.78 is 42.6. The van der Waals surface area contributed by atoms with Gasteiger partial charge < -0.3 is 4.74 Å². The van der Waals surface area contributed by atoms with Crippen LogP contribution in [0.5, 0.6) is 0 Å². The Bertz CT molecular complexity index is 1140. The summed E-state index contributed by atoms with van der Waals surface area (Å²) in [5, 5.41) is 7.05. The third-order valence-electron chi connectivity index (χ3n) is 4.09. The molecular weight excluding hydrogens is 407 g/mol. The van der Waals surface area contributed by atoms with Crippen LogP contribution in [0.2, 0.25) is 5.15 Å². The van der Waals surface area contributed by atoms with E-state index in [-0.39, 0.29) is 15.9 Å². The molecule has 0 aliphatic carbocycles. The number of sulfone groups is 1. The smallest absolute Gasteiger partial charge is 0.303 e. The first-order chi connectivity index (χ1) is 13.2. The number of carbonyl (C=O) groups is 1. The quantitative estimate of drug-likeness (QED) is 0.624. The Morgan fingerprint density at radius 1 is 1.18 bits per heavy atom. The number of nitrogens with one attached hydrogen (secondary N) is 1. The highest BCUT2D eigenvalue weighted by molar-refractivity contribution is 7.91. The fraction of sp³-hybridized carbons (Fsp3) is 0.158. The second-order valence-corrected chi connectivity index (χ2v) is 8.42. The first kappa shape index (κ1) is 20.0. The summed E-state index contributed by atoms with van der Waals surface area (Å²) in [4.78, 5) is 10.9. The number of halogens is 2. The minimum Gasteiger partial charge on any atom is -0.449 e. The molecule has 28 heavy (non-hydrogen) atoms. The number of aromatic nitrogens is 2. The van der Waals surface area contributed by atoms with E-state index in [0.29, 0.717) is 27.9 Å². The molecule has 6 nitrogen and oxygen atoms in total. The maximum atomic E-state index is 13.6. The molecule has 3 aromatic rings. The van der Waals surface area contributed by atoms with Crippen LogP contribution in [0.1, 0.15) is 12.5 Å². The average Bonchev–Trinajstić information content (AvgIpc) is 3.04. The summed E-state index contributed by atoms with van der Waals surface area (Å²) in [6.07, 6.45) is 0. The van der Waals surface area contributed by atoms with Gasteiger partial charge in [0, 0.05) is 18.1 Å². The third-order valence-corrected chi connectivity index (χ3v) is 5.78. The van der Waals surface area contributed by atoms with Gasteiger partial charge in [-0.25, -0.2) is 12.8 Å². The monoisotopic (exact) mass is 422 g/mol. The molecule has 0 fully saturated rings.